The lowest BCUT2D eigenvalue weighted by molar-refractivity contribution is 0.414. The van der Waals surface area contributed by atoms with Crippen LogP contribution in [0.3, 0.4) is 0 Å². The van der Waals surface area contributed by atoms with Gasteiger partial charge in [0.2, 0.25) is 5.95 Å². The molecule has 0 amide bonds. The van der Waals surface area contributed by atoms with Crippen LogP contribution in [-0.2, 0) is 0 Å². The number of hydrogen-bond acceptors (Lipinski definition) is 8. The molecule has 4 aromatic rings. The summed E-state index contributed by atoms with van der Waals surface area (Å²) in [5.41, 5.74) is 6.62. The van der Waals surface area contributed by atoms with Gasteiger partial charge < -0.3 is 15.8 Å². The molecule has 0 radical (unpaired) electrons. The number of nitrogen functional groups attached to an aromatic ring is 1. The van der Waals surface area contributed by atoms with Crippen molar-refractivity contribution < 1.29 is 4.74 Å². The molecule has 2 aromatic heterocycles. The zero-order valence-electron chi connectivity index (χ0n) is 17.2. The third-order valence-corrected chi connectivity index (χ3v) is 5.19. The molecule has 0 aliphatic carbocycles. The fourth-order valence-corrected chi connectivity index (χ4v) is 3.59. The molecule has 0 spiro atoms. The van der Waals surface area contributed by atoms with Crippen molar-refractivity contribution in [1.82, 2.24) is 19.5 Å². The molecule has 10 heteroatoms. The summed E-state index contributed by atoms with van der Waals surface area (Å²) in [4.78, 5) is 26.2. The molecular formula is C22H18ClN7O2. The van der Waals surface area contributed by atoms with E-state index in [0.717, 1.165) is 0 Å². The van der Waals surface area contributed by atoms with Crippen molar-refractivity contribution in [2.45, 2.75) is 13.0 Å². The molecule has 1 atom stereocenters. The first-order chi connectivity index (χ1) is 15.4. The molecular weight excluding hydrogens is 430 g/mol. The average Bonchev–Trinajstić information content (AvgIpc) is 2.79. The van der Waals surface area contributed by atoms with Crippen molar-refractivity contribution in [2.75, 3.05) is 18.2 Å². The van der Waals surface area contributed by atoms with Crippen LogP contribution in [0.1, 0.15) is 24.4 Å². The number of hydrogen-bond donors (Lipinski definition) is 2. The van der Waals surface area contributed by atoms with Gasteiger partial charge in [0.25, 0.3) is 5.56 Å². The van der Waals surface area contributed by atoms with E-state index >= 15 is 0 Å². The molecule has 0 aliphatic heterocycles. The summed E-state index contributed by atoms with van der Waals surface area (Å²) < 4.78 is 6.70. The second kappa shape index (κ2) is 8.53. The summed E-state index contributed by atoms with van der Waals surface area (Å²) in [7, 11) is 1.57. The van der Waals surface area contributed by atoms with Gasteiger partial charge in [-0.15, -0.1) is 0 Å². The highest BCUT2D eigenvalue weighted by atomic mass is 35.5. The van der Waals surface area contributed by atoms with Crippen LogP contribution < -0.4 is 21.3 Å². The molecule has 1 unspecified atom stereocenters. The van der Waals surface area contributed by atoms with E-state index in [1.54, 1.807) is 56.5 Å². The number of nitrogens with zero attached hydrogens (tertiary/aromatic N) is 5. The van der Waals surface area contributed by atoms with Gasteiger partial charge in [-0.2, -0.15) is 10.2 Å². The second-order valence-corrected chi connectivity index (χ2v) is 7.32. The average molecular weight is 448 g/mol. The lowest BCUT2D eigenvalue weighted by Crippen LogP contribution is -2.27. The van der Waals surface area contributed by atoms with E-state index in [2.05, 4.69) is 15.3 Å². The van der Waals surface area contributed by atoms with E-state index in [1.165, 1.54) is 10.8 Å². The topological polar surface area (TPSA) is 132 Å². The number of aromatic nitrogens is 4. The fraction of sp³-hybridized carbons (Fsp3) is 0.136. The van der Waals surface area contributed by atoms with E-state index in [0.29, 0.717) is 33.2 Å². The van der Waals surface area contributed by atoms with Crippen molar-refractivity contribution >= 4 is 34.3 Å². The Morgan fingerprint density at radius 1 is 1.22 bits per heavy atom. The van der Waals surface area contributed by atoms with E-state index in [4.69, 9.17) is 27.1 Å². The summed E-state index contributed by atoms with van der Waals surface area (Å²) in [6.45, 7) is 1.80. The van der Waals surface area contributed by atoms with Gasteiger partial charge in [-0.05, 0) is 43.3 Å². The zero-order chi connectivity index (χ0) is 22.8. The van der Waals surface area contributed by atoms with E-state index < -0.39 is 6.04 Å². The molecule has 0 aliphatic rings. The van der Waals surface area contributed by atoms with Crippen molar-refractivity contribution in [1.29, 1.82) is 5.26 Å². The van der Waals surface area contributed by atoms with E-state index in [-0.39, 0.29) is 22.9 Å². The number of ether oxygens (including phenoxy) is 1. The fourth-order valence-electron chi connectivity index (χ4n) is 3.34. The lowest BCUT2D eigenvalue weighted by Gasteiger charge is -2.21. The Bertz CT molecular complexity index is 1410. The van der Waals surface area contributed by atoms with Crippen LogP contribution in [0.5, 0.6) is 5.75 Å². The minimum absolute atomic E-state index is 0.0181. The first-order valence-electron chi connectivity index (χ1n) is 9.57. The highest BCUT2D eigenvalue weighted by Crippen LogP contribution is 2.26. The summed E-state index contributed by atoms with van der Waals surface area (Å²) in [5, 5.41) is 13.1. The molecule has 160 valence electrons. The van der Waals surface area contributed by atoms with E-state index in [9.17, 15) is 10.1 Å². The SMILES string of the molecule is COc1ccc(-n2c(C(C)Nc3nc(N)ncc3C#N)nc3cccc(Cl)c3c2=O)cc1. The standard InChI is InChI=1S/C22H18ClN7O2/c1-12(27-19-13(10-24)11-26-22(25)29-19)20-28-17-5-3-4-16(23)18(17)21(31)30(20)14-6-8-15(32-2)9-7-14/h3-9,11-12H,1-2H3,(H3,25,26,27,29). The molecule has 0 bridgehead atoms. The normalized spacial score (nSPS) is 11.7. The third kappa shape index (κ3) is 3.79. The van der Waals surface area contributed by atoms with Gasteiger partial charge in [0.15, 0.2) is 0 Å². The van der Waals surface area contributed by atoms with Crippen molar-refractivity contribution in [3.63, 3.8) is 0 Å². The highest BCUT2D eigenvalue weighted by Gasteiger charge is 2.21. The number of nitrogens with two attached hydrogens (primary N) is 1. The Morgan fingerprint density at radius 3 is 2.66 bits per heavy atom. The number of methoxy groups -OCH3 is 1. The molecule has 2 heterocycles. The number of nitriles is 1. The number of fused-ring (bicyclic) bond motifs is 1. The maximum absolute atomic E-state index is 13.5. The number of anilines is 2. The van der Waals surface area contributed by atoms with Crippen LogP contribution in [0.2, 0.25) is 5.02 Å². The van der Waals surface area contributed by atoms with Crippen LogP contribution in [0.15, 0.2) is 53.5 Å². The molecule has 0 fully saturated rings. The Labute approximate surface area is 188 Å². The first-order valence-corrected chi connectivity index (χ1v) is 9.95. The van der Waals surface area contributed by atoms with Crippen LogP contribution in [0, 0.1) is 11.3 Å². The van der Waals surface area contributed by atoms with Crippen LogP contribution in [0.25, 0.3) is 16.6 Å². The lowest BCUT2D eigenvalue weighted by atomic mass is 10.2. The van der Waals surface area contributed by atoms with Gasteiger partial charge in [-0.3, -0.25) is 9.36 Å². The van der Waals surface area contributed by atoms with Crippen LogP contribution in [-0.4, -0.2) is 26.6 Å². The van der Waals surface area contributed by atoms with Gasteiger partial charge >= 0.3 is 0 Å². The van der Waals surface area contributed by atoms with Gasteiger partial charge in [0, 0.05) is 0 Å². The number of nitrogens with one attached hydrogen (secondary N) is 1. The summed E-state index contributed by atoms with van der Waals surface area (Å²) in [6, 6.07) is 13.6. The molecule has 0 saturated heterocycles. The minimum Gasteiger partial charge on any atom is -0.497 e. The van der Waals surface area contributed by atoms with Crippen LogP contribution >= 0.6 is 11.6 Å². The maximum atomic E-state index is 13.5. The quantitative estimate of drug-likeness (QED) is 0.475. The Morgan fingerprint density at radius 2 is 1.97 bits per heavy atom. The van der Waals surface area contributed by atoms with Crippen molar-refractivity contribution in [2.24, 2.45) is 0 Å². The Hall–Kier alpha value is -4.16. The maximum Gasteiger partial charge on any atom is 0.267 e. The highest BCUT2D eigenvalue weighted by molar-refractivity contribution is 6.35. The number of halogens is 1. The number of rotatable bonds is 5. The van der Waals surface area contributed by atoms with Gasteiger partial charge in [-0.25, -0.2) is 9.97 Å². The molecule has 9 nitrogen and oxygen atoms in total. The van der Waals surface area contributed by atoms with E-state index in [1.807, 2.05) is 6.07 Å². The Kier molecular flexibility index (Phi) is 5.62. The van der Waals surface area contributed by atoms with Gasteiger partial charge in [0.1, 0.15) is 29.0 Å². The molecule has 32 heavy (non-hydrogen) atoms. The van der Waals surface area contributed by atoms with Crippen molar-refractivity contribution in [3.8, 4) is 17.5 Å². The van der Waals surface area contributed by atoms with Gasteiger partial charge in [-0.1, -0.05) is 17.7 Å². The summed E-state index contributed by atoms with van der Waals surface area (Å²) >= 11 is 6.33. The predicted octanol–water partition coefficient (Wildman–Crippen LogP) is 3.46. The monoisotopic (exact) mass is 447 g/mol. The largest absolute Gasteiger partial charge is 0.497 e. The smallest absolute Gasteiger partial charge is 0.267 e. The predicted molar refractivity (Wildman–Crippen MR) is 122 cm³/mol. The molecule has 4 rings (SSSR count). The molecule has 0 saturated carbocycles. The minimum atomic E-state index is -0.533. The number of benzene rings is 2. The van der Waals surface area contributed by atoms with Gasteiger partial charge in [0.05, 0.1) is 41.0 Å². The Balaban J connectivity index is 1.92. The zero-order valence-corrected chi connectivity index (χ0v) is 18.0. The summed E-state index contributed by atoms with van der Waals surface area (Å²) in [6.07, 6.45) is 1.33. The molecule has 2 aromatic carbocycles. The molecule has 3 N–H and O–H groups in total. The third-order valence-electron chi connectivity index (χ3n) is 4.87. The first kappa shape index (κ1) is 21.1. The van der Waals surface area contributed by atoms with Crippen molar-refractivity contribution in [3.05, 3.63) is 75.4 Å². The summed E-state index contributed by atoms with van der Waals surface area (Å²) in [5.74, 6) is 1.31. The van der Waals surface area contributed by atoms with Crippen LogP contribution in [0.4, 0.5) is 11.8 Å². The second-order valence-electron chi connectivity index (χ2n) is 6.91.